The molecular weight excluding hydrogens is 450 g/mol. The zero-order valence-electron chi connectivity index (χ0n) is 17.7. The second-order valence-electron chi connectivity index (χ2n) is 7.62. The summed E-state index contributed by atoms with van der Waals surface area (Å²) in [7, 11) is -1.54. The molecule has 1 fully saturated rings. The molecule has 0 bridgehead atoms. The second-order valence-corrected chi connectivity index (χ2v) is 10.5. The third-order valence-electron chi connectivity index (χ3n) is 5.24. The van der Waals surface area contributed by atoms with E-state index >= 15 is 0 Å². The first kappa shape index (κ1) is 22.6. The number of aromatic nitrogens is 2. The molecule has 1 N–H and O–H groups in total. The molecule has 0 saturated carbocycles. The number of hydrogen-bond donors (Lipinski definition) is 1. The van der Waals surface area contributed by atoms with Gasteiger partial charge in [0.1, 0.15) is 0 Å². The highest BCUT2D eigenvalue weighted by molar-refractivity contribution is 7.89. The lowest BCUT2D eigenvalue weighted by Crippen LogP contribution is -2.46. The van der Waals surface area contributed by atoms with Crippen LogP contribution >= 0.6 is 11.3 Å². The fourth-order valence-electron chi connectivity index (χ4n) is 3.37. The minimum Gasteiger partial charge on any atom is -0.339 e. The van der Waals surface area contributed by atoms with E-state index in [1.807, 2.05) is 24.6 Å². The molecular formula is C21H25N5O4S2. The van der Waals surface area contributed by atoms with Gasteiger partial charge in [-0.1, -0.05) is 11.2 Å². The summed E-state index contributed by atoms with van der Waals surface area (Å²) < 4.78 is 32.3. The van der Waals surface area contributed by atoms with Crippen molar-refractivity contribution in [2.45, 2.75) is 24.2 Å². The Morgan fingerprint density at radius 3 is 2.59 bits per heavy atom. The number of benzene rings is 1. The number of rotatable bonds is 8. The van der Waals surface area contributed by atoms with E-state index in [-0.39, 0.29) is 17.2 Å². The first-order chi connectivity index (χ1) is 15.4. The number of carbonyl (C=O) groups excluding carboxylic acids is 1. The number of amides is 1. The minimum atomic E-state index is -3.52. The fraction of sp³-hybridized carbons (Fsp3) is 0.381. The van der Waals surface area contributed by atoms with Gasteiger partial charge in [-0.05, 0) is 49.2 Å². The van der Waals surface area contributed by atoms with E-state index in [9.17, 15) is 13.2 Å². The average Bonchev–Trinajstić information content (AvgIpc) is 3.46. The summed E-state index contributed by atoms with van der Waals surface area (Å²) in [6.45, 7) is 2.39. The predicted octanol–water partition coefficient (Wildman–Crippen LogP) is 2.70. The molecule has 1 amide bonds. The highest BCUT2D eigenvalue weighted by Crippen LogP contribution is 2.22. The number of anilines is 1. The largest absolute Gasteiger partial charge is 0.339 e. The average molecular weight is 476 g/mol. The van der Waals surface area contributed by atoms with E-state index < -0.39 is 10.0 Å². The van der Waals surface area contributed by atoms with Crippen molar-refractivity contribution >= 4 is 33.0 Å². The Hall–Kier alpha value is -2.60. The summed E-state index contributed by atoms with van der Waals surface area (Å²) in [5.41, 5.74) is 0.560. The van der Waals surface area contributed by atoms with Gasteiger partial charge in [-0.15, -0.1) is 11.3 Å². The molecule has 2 aromatic heterocycles. The van der Waals surface area contributed by atoms with Crippen molar-refractivity contribution in [2.75, 3.05) is 38.5 Å². The zero-order chi connectivity index (χ0) is 22.6. The monoisotopic (exact) mass is 475 g/mol. The number of hydrogen-bond acceptors (Lipinski definition) is 8. The van der Waals surface area contributed by atoms with Crippen molar-refractivity contribution in [2.24, 2.45) is 0 Å². The molecule has 170 valence electrons. The van der Waals surface area contributed by atoms with Gasteiger partial charge in [0.2, 0.25) is 27.6 Å². The first-order valence-corrected chi connectivity index (χ1v) is 12.7. The standard InChI is InChI=1S/C21H25N5O4S2/c1-25-11-13-26(14-12-25)32(28,29)17-9-7-16(8-10-17)22-19(27)5-2-6-20-23-21(24-30-20)18-4-3-15-31-18/h3-4,7-10,15H,2,5-6,11-14H2,1H3,(H,22,27). The third-order valence-corrected chi connectivity index (χ3v) is 8.02. The molecule has 1 aromatic carbocycles. The Morgan fingerprint density at radius 1 is 1.16 bits per heavy atom. The zero-order valence-corrected chi connectivity index (χ0v) is 19.4. The molecule has 9 nitrogen and oxygen atoms in total. The Labute approximate surface area is 191 Å². The normalized spacial score (nSPS) is 15.7. The van der Waals surface area contributed by atoms with E-state index in [1.54, 1.807) is 12.1 Å². The molecule has 0 unspecified atom stereocenters. The first-order valence-electron chi connectivity index (χ1n) is 10.4. The SMILES string of the molecule is CN1CCN(S(=O)(=O)c2ccc(NC(=O)CCCc3nc(-c4cccs4)no3)cc2)CC1. The summed E-state index contributed by atoms with van der Waals surface area (Å²) in [6.07, 6.45) is 1.36. The summed E-state index contributed by atoms with van der Waals surface area (Å²) in [6, 6.07) is 10.2. The number of likely N-dealkylation sites (N-methyl/N-ethyl adjacent to an activating group) is 1. The summed E-state index contributed by atoms with van der Waals surface area (Å²) >= 11 is 1.54. The fourth-order valence-corrected chi connectivity index (χ4v) is 5.45. The van der Waals surface area contributed by atoms with Crippen LogP contribution < -0.4 is 5.32 Å². The molecule has 3 aromatic rings. The van der Waals surface area contributed by atoms with Gasteiger partial charge in [0, 0.05) is 44.7 Å². The second kappa shape index (κ2) is 9.90. The van der Waals surface area contributed by atoms with Gasteiger partial charge in [-0.2, -0.15) is 9.29 Å². The van der Waals surface area contributed by atoms with Gasteiger partial charge in [0.15, 0.2) is 0 Å². The van der Waals surface area contributed by atoms with Crippen LogP contribution in [0, 0.1) is 0 Å². The quantitative estimate of drug-likeness (QED) is 0.533. The van der Waals surface area contributed by atoms with Gasteiger partial charge in [0.05, 0.1) is 9.77 Å². The van der Waals surface area contributed by atoms with E-state index in [0.29, 0.717) is 56.4 Å². The number of thiophene rings is 1. The van der Waals surface area contributed by atoms with E-state index in [1.165, 1.54) is 27.8 Å². The molecule has 0 radical (unpaired) electrons. The topological polar surface area (TPSA) is 109 Å². The maximum Gasteiger partial charge on any atom is 0.243 e. The van der Waals surface area contributed by atoms with Crippen LogP contribution in [0.5, 0.6) is 0 Å². The molecule has 11 heteroatoms. The number of sulfonamides is 1. The molecule has 0 spiro atoms. The van der Waals surface area contributed by atoms with Crippen molar-refractivity contribution in [3.8, 4) is 10.7 Å². The third kappa shape index (κ3) is 5.41. The molecule has 0 atom stereocenters. The van der Waals surface area contributed by atoms with Crippen LogP contribution in [0.4, 0.5) is 5.69 Å². The van der Waals surface area contributed by atoms with Crippen LogP contribution in [-0.2, 0) is 21.2 Å². The van der Waals surface area contributed by atoms with Gasteiger partial charge < -0.3 is 14.7 Å². The Balaban J connectivity index is 1.26. The number of nitrogens with zero attached hydrogens (tertiary/aromatic N) is 4. The lowest BCUT2D eigenvalue weighted by molar-refractivity contribution is -0.116. The number of aryl methyl sites for hydroxylation is 1. The van der Waals surface area contributed by atoms with Crippen molar-refractivity contribution in [1.29, 1.82) is 0 Å². The molecule has 1 aliphatic rings. The molecule has 3 heterocycles. The van der Waals surface area contributed by atoms with Crippen molar-refractivity contribution in [1.82, 2.24) is 19.3 Å². The van der Waals surface area contributed by atoms with Crippen molar-refractivity contribution in [3.63, 3.8) is 0 Å². The number of carbonyl (C=O) groups is 1. The predicted molar refractivity (Wildman–Crippen MR) is 122 cm³/mol. The van der Waals surface area contributed by atoms with Crippen LogP contribution in [0.15, 0.2) is 51.2 Å². The van der Waals surface area contributed by atoms with Gasteiger partial charge in [-0.25, -0.2) is 8.42 Å². The molecule has 4 rings (SSSR count). The van der Waals surface area contributed by atoms with Crippen molar-refractivity contribution in [3.05, 3.63) is 47.7 Å². The molecule has 32 heavy (non-hydrogen) atoms. The summed E-state index contributed by atoms with van der Waals surface area (Å²) in [4.78, 5) is 19.9. The smallest absolute Gasteiger partial charge is 0.243 e. The van der Waals surface area contributed by atoms with Crippen LogP contribution in [-0.4, -0.2) is 66.9 Å². The van der Waals surface area contributed by atoms with Crippen LogP contribution in [0.1, 0.15) is 18.7 Å². The minimum absolute atomic E-state index is 0.155. The van der Waals surface area contributed by atoms with Gasteiger partial charge >= 0.3 is 0 Å². The molecule has 1 saturated heterocycles. The lowest BCUT2D eigenvalue weighted by atomic mass is 10.2. The molecule has 1 aliphatic heterocycles. The summed E-state index contributed by atoms with van der Waals surface area (Å²) in [5.74, 6) is 0.906. The van der Waals surface area contributed by atoms with E-state index in [2.05, 4.69) is 20.4 Å². The van der Waals surface area contributed by atoms with Crippen molar-refractivity contribution < 1.29 is 17.7 Å². The number of piperazine rings is 1. The Morgan fingerprint density at radius 2 is 1.91 bits per heavy atom. The highest BCUT2D eigenvalue weighted by atomic mass is 32.2. The van der Waals surface area contributed by atoms with E-state index in [0.717, 1.165) is 4.88 Å². The van der Waals surface area contributed by atoms with E-state index in [4.69, 9.17) is 4.52 Å². The Bertz CT molecular complexity index is 1140. The van der Waals surface area contributed by atoms with Crippen LogP contribution in [0.2, 0.25) is 0 Å². The maximum absolute atomic E-state index is 12.8. The number of nitrogens with one attached hydrogen (secondary N) is 1. The Kier molecular flexibility index (Phi) is 6.99. The maximum atomic E-state index is 12.8. The van der Waals surface area contributed by atoms with Crippen LogP contribution in [0.25, 0.3) is 10.7 Å². The van der Waals surface area contributed by atoms with Gasteiger partial charge in [-0.3, -0.25) is 4.79 Å². The highest BCUT2D eigenvalue weighted by Gasteiger charge is 2.27. The van der Waals surface area contributed by atoms with Crippen LogP contribution in [0.3, 0.4) is 0 Å². The van der Waals surface area contributed by atoms with Gasteiger partial charge in [0.25, 0.3) is 0 Å². The summed E-state index contributed by atoms with van der Waals surface area (Å²) in [5, 5.41) is 8.71. The lowest BCUT2D eigenvalue weighted by Gasteiger charge is -2.31. The molecule has 0 aliphatic carbocycles.